The predicted molar refractivity (Wildman–Crippen MR) is 66.6 cm³/mol. The van der Waals surface area contributed by atoms with Gasteiger partial charge in [0.15, 0.2) is 0 Å². The van der Waals surface area contributed by atoms with Crippen LogP contribution in [0.2, 0.25) is 0 Å². The zero-order chi connectivity index (χ0) is 12.7. The van der Waals surface area contributed by atoms with Gasteiger partial charge in [-0.15, -0.1) is 11.8 Å². The lowest BCUT2D eigenvalue weighted by Gasteiger charge is -2.10. The van der Waals surface area contributed by atoms with Crippen LogP contribution in [0.25, 0.3) is 0 Å². The Morgan fingerprint density at radius 3 is 2.94 bits per heavy atom. The van der Waals surface area contributed by atoms with Gasteiger partial charge in [-0.1, -0.05) is 6.07 Å². The van der Waals surface area contributed by atoms with Crippen LogP contribution in [0, 0.1) is 0 Å². The molecule has 94 valence electrons. The number of rotatable bonds is 7. The third-order valence-corrected chi connectivity index (χ3v) is 3.18. The Kier molecular flexibility index (Phi) is 6.04. The van der Waals surface area contributed by atoms with Crippen molar-refractivity contribution in [3.63, 3.8) is 0 Å². The van der Waals surface area contributed by atoms with Gasteiger partial charge in [-0.25, -0.2) is 4.79 Å². The summed E-state index contributed by atoms with van der Waals surface area (Å²) in [7, 11) is 0. The van der Waals surface area contributed by atoms with E-state index in [0.29, 0.717) is 19.0 Å². The Labute approximate surface area is 105 Å². The minimum Gasteiger partial charge on any atom is -0.478 e. The standard InChI is InChI=1S/C12H16O4S/c1-2-16-7-10(13)8-17-11-5-3-4-9(6-11)12(14)15/h3-6,10,13H,2,7-8H2,1H3,(H,14,15). The van der Waals surface area contributed by atoms with Gasteiger partial charge in [0.25, 0.3) is 0 Å². The van der Waals surface area contributed by atoms with E-state index in [4.69, 9.17) is 9.84 Å². The van der Waals surface area contributed by atoms with Crippen LogP contribution in [0.5, 0.6) is 0 Å². The molecule has 5 heteroatoms. The summed E-state index contributed by atoms with van der Waals surface area (Å²) in [4.78, 5) is 11.6. The number of aliphatic hydroxyl groups is 1. The number of hydrogen-bond donors (Lipinski definition) is 2. The van der Waals surface area contributed by atoms with Crippen LogP contribution in [0.15, 0.2) is 29.2 Å². The average molecular weight is 256 g/mol. The summed E-state index contributed by atoms with van der Waals surface area (Å²) in [5.41, 5.74) is 0.259. The average Bonchev–Trinajstić information content (AvgIpc) is 2.34. The number of carboxylic acid groups (broad SMARTS) is 1. The molecule has 0 aliphatic carbocycles. The molecule has 0 fully saturated rings. The van der Waals surface area contributed by atoms with Crippen molar-refractivity contribution in [1.82, 2.24) is 0 Å². The Morgan fingerprint density at radius 2 is 2.29 bits per heavy atom. The molecule has 1 rings (SSSR count). The highest BCUT2D eigenvalue weighted by Crippen LogP contribution is 2.20. The summed E-state index contributed by atoms with van der Waals surface area (Å²) in [6.45, 7) is 2.76. The molecule has 0 aliphatic heterocycles. The highest BCUT2D eigenvalue weighted by Gasteiger charge is 2.07. The molecule has 17 heavy (non-hydrogen) atoms. The fourth-order valence-electron chi connectivity index (χ4n) is 1.21. The Hall–Kier alpha value is -1.04. The monoisotopic (exact) mass is 256 g/mol. The van der Waals surface area contributed by atoms with Crippen molar-refractivity contribution in [1.29, 1.82) is 0 Å². The van der Waals surface area contributed by atoms with Crippen molar-refractivity contribution in [2.45, 2.75) is 17.9 Å². The first-order chi connectivity index (χ1) is 8.13. The predicted octanol–water partition coefficient (Wildman–Crippen LogP) is 1.87. The van der Waals surface area contributed by atoms with Gasteiger partial charge in [0.2, 0.25) is 0 Å². The molecule has 0 saturated carbocycles. The van der Waals surface area contributed by atoms with E-state index in [-0.39, 0.29) is 5.56 Å². The van der Waals surface area contributed by atoms with Crippen molar-refractivity contribution >= 4 is 17.7 Å². The smallest absolute Gasteiger partial charge is 0.335 e. The zero-order valence-corrected chi connectivity index (χ0v) is 10.4. The number of aromatic carboxylic acids is 1. The molecule has 1 atom stereocenters. The molecule has 0 bridgehead atoms. The molecule has 1 aromatic carbocycles. The van der Waals surface area contributed by atoms with Crippen LogP contribution in [0.1, 0.15) is 17.3 Å². The van der Waals surface area contributed by atoms with Crippen molar-refractivity contribution in [3.05, 3.63) is 29.8 Å². The van der Waals surface area contributed by atoms with Gasteiger partial charge < -0.3 is 14.9 Å². The molecule has 1 unspecified atom stereocenters. The summed E-state index contributed by atoms with van der Waals surface area (Å²) in [6, 6.07) is 6.66. The quantitative estimate of drug-likeness (QED) is 0.729. The summed E-state index contributed by atoms with van der Waals surface area (Å²) in [6.07, 6.45) is -0.534. The van der Waals surface area contributed by atoms with Crippen LogP contribution < -0.4 is 0 Å². The largest absolute Gasteiger partial charge is 0.478 e. The molecule has 0 radical (unpaired) electrons. The second kappa shape index (κ2) is 7.32. The van der Waals surface area contributed by atoms with Gasteiger partial charge in [0.05, 0.1) is 18.3 Å². The van der Waals surface area contributed by atoms with Gasteiger partial charge in [-0.3, -0.25) is 0 Å². The van der Waals surface area contributed by atoms with E-state index in [0.717, 1.165) is 4.90 Å². The van der Waals surface area contributed by atoms with Crippen LogP contribution in [-0.4, -0.2) is 41.3 Å². The third kappa shape index (κ3) is 5.21. The molecule has 0 aliphatic rings. The lowest BCUT2D eigenvalue weighted by molar-refractivity contribution is 0.0551. The Bertz CT molecular complexity index is 367. The minimum absolute atomic E-state index is 0.259. The number of hydrogen-bond acceptors (Lipinski definition) is 4. The summed E-state index contributed by atoms with van der Waals surface area (Å²) in [5, 5.41) is 18.4. The van der Waals surface area contributed by atoms with E-state index in [1.54, 1.807) is 18.2 Å². The fraction of sp³-hybridized carbons (Fsp3) is 0.417. The molecule has 1 aromatic rings. The zero-order valence-electron chi connectivity index (χ0n) is 9.63. The summed E-state index contributed by atoms with van der Waals surface area (Å²) in [5.74, 6) is -0.453. The first-order valence-corrected chi connectivity index (χ1v) is 6.34. The normalized spacial score (nSPS) is 12.4. The highest BCUT2D eigenvalue weighted by atomic mass is 32.2. The van der Waals surface area contributed by atoms with E-state index < -0.39 is 12.1 Å². The van der Waals surface area contributed by atoms with Crippen LogP contribution in [0.3, 0.4) is 0 Å². The van der Waals surface area contributed by atoms with Gasteiger partial charge in [0, 0.05) is 17.3 Å². The lowest BCUT2D eigenvalue weighted by Crippen LogP contribution is -2.17. The molecule has 2 N–H and O–H groups in total. The number of thioether (sulfide) groups is 1. The van der Waals surface area contributed by atoms with Crippen molar-refractivity contribution in [3.8, 4) is 0 Å². The molecular formula is C12H16O4S. The van der Waals surface area contributed by atoms with Crippen LogP contribution >= 0.6 is 11.8 Å². The van der Waals surface area contributed by atoms with E-state index >= 15 is 0 Å². The number of aliphatic hydroxyl groups excluding tert-OH is 1. The number of benzene rings is 1. The second-order valence-electron chi connectivity index (χ2n) is 3.46. The van der Waals surface area contributed by atoms with Crippen molar-refractivity contribution < 1.29 is 19.7 Å². The first kappa shape index (κ1) is 14.0. The SMILES string of the molecule is CCOCC(O)CSc1cccc(C(=O)O)c1. The molecule has 0 amide bonds. The maximum absolute atomic E-state index is 10.8. The minimum atomic E-state index is -0.942. The van der Waals surface area contributed by atoms with Gasteiger partial charge in [-0.2, -0.15) is 0 Å². The Morgan fingerprint density at radius 1 is 1.53 bits per heavy atom. The van der Waals surface area contributed by atoms with Gasteiger partial charge >= 0.3 is 5.97 Å². The first-order valence-electron chi connectivity index (χ1n) is 5.35. The van der Waals surface area contributed by atoms with Crippen molar-refractivity contribution in [2.24, 2.45) is 0 Å². The number of carbonyl (C=O) groups is 1. The van der Waals surface area contributed by atoms with E-state index in [2.05, 4.69) is 0 Å². The molecular weight excluding hydrogens is 240 g/mol. The fourth-order valence-corrected chi connectivity index (χ4v) is 2.08. The van der Waals surface area contributed by atoms with E-state index in [9.17, 15) is 9.90 Å². The maximum Gasteiger partial charge on any atom is 0.335 e. The van der Waals surface area contributed by atoms with Gasteiger partial charge in [0.1, 0.15) is 0 Å². The molecule has 0 aromatic heterocycles. The summed E-state index contributed by atoms with van der Waals surface area (Å²) >= 11 is 1.42. The lowest BCUT2D eigenvalue weighted by atomic mass is 10.2. The number of carboxylic acids is 1. The second-order valence-corrected chi connectivity index (χ2v) is 4.55. The highest BCUT2D eigenvalue weighted by molar-refractivity contribution is 7.99. The molecule has 0 saturated heterocycles. The van der Waals surface area contributed by atoms with E-state index in [1.807, 2.05) is 13.0 Å². The molecule has 0 heterocycles. The Balaban J connectivity index is 2.46. The van der Waals surface area contributed by atoms with Crippen molar-refractivity contribution in [2.75, 3.05) is 19.0 Å². The van der Waals surface area contributed by atoms with Crippen LogP contribution in [0.4, 0.5) is 0 Å². The van der Waals surface area contributed by atoms with Gasteiger partial charge in [-0.05, 0) is 25.1 Å². The molecule has 4 nitrogen and oxygen atoms in total. The number of ether oxygens (including phenoxy) is 1. The summed E-state index contributed by atoms with van der Waals surface area (Å²) < 4.78 is 5.09. The molecule has 0 spiro atoms. The topological polar surface area (TPSA) is 66.8 Å². The third-order valence-electron chi connectivity index (χ3n) is 2.04. The maximum atomic E-state index is 10.8. The van der Waals surface area contributed by atoms with Crippen LogP contribution in [-0.2, 0) is 4.74 Å². The van der Waals surface area contributed by atoms with E-state index in [1.165, 1.54) is 11.8 Å².